The van der Waals surface area contributed by atoms with Gasteiger partial charge in [-0.2, -0.15) is 5.10 Å². The monoisotopic (exact) mass is 579 g/mol. The summed E-state index contributed by atoms with van der Waals surface area (Å²) in [5.74, 6) is 3.58. The minimum absolute atomic E-state index is 0.0164. The van der Waals surface area contributed by atoms with Crippen molar-refractivity contribution in [1.82, 2.24) is 5.43 Å². The summed E-state index contributed by atoms with van der Waals surface area (Å²) in [5, 5.41) is 14.9. The Balaban J connectivity index is 1.34. The van der Waals surface area contributed by atoms with Gasteiger partial charge in [0.15, 0.2) is 18.1 Å². The van der Waals surface area contributed by atoms with E-state index in [0.717, 1.165) is 11.1 Å². The number of benzene rings is 3. The van der Waals surface area contributed by atoms with Gasteiger partial charge in [-0.1, -0.05) is 18.2 Å². The number of nitrogens with one attached hydrogen (secondary N) is 1. The molecule has 1 aliphatic rings. The standard InChI is InChI=1S/C29H29N3O6S2/c1-3-4-23-15-21(16-26(36-2)28(23)38-18-20-5-9-24(10-6-20)32(34)35)17-30-31-27(33)19-37-25-11-7-22(8-12-25)29-39-13-14-40-29/h3,5-12,15-17,29H,1,4,13-14,18-19H2,2H3,(H,31,33)/b30-17-. The molecule has 0 spiro atoms. The Labute approximate surface area is 241 Å². The van der Waals surface area contributed by atoms with Crippen LogP contribution in [0.4, 0.5) is 5.69 Å². The molecule has 0 saturated carbocycles. The number of methoxy groups -OCH3 is 1. The zero-order valence-electron chi connectivity index (χ0n) is 21.9. The van der Waals surface area contributed by atoms with Crippen molar-refractivity contribution in [1.29, 1.82) is 0 Å². The largest absolute Gasteiger partial charge is 0.493 e. The number of nitro benzene ring substituents is 1. The first-order valence-corrected chi connectivity index (χ1v) is 14.5. The number of carbonyl (C=O) groups excluding carboxylic acids is 1. The Kier molecular flexibility index (Phi) is 10.5. The number of nitro groups is 1. The highest BCUT2D eigenvalue weighted by atomic mass is 32.2. The number of rotatable bonds is 13. The number of non-ortho nitro benzene ring substituents is 1. The fourth-order valence-corrected chi connectivity index (χ4v) is 6.74. The second-order valence-corrected chi connectivity index (χ2v) is 11.4. The third-order valence-corrected chi connectivity index (χ3v) is 8.92. The lowest BCUT2D eigenvalue weighted by atomic mass is 10.1. The third kappa shape index (κ3) is 8.03. The van der Waals surface area contributed by atoms with Gasteiger partial charge in [-0.05, 0) is 59.5 Å². The maximum absolute atomic E-state index is 12.3. The summed E-state index contributed by atoms with van der Waals surface area (Å²) in [4.78, 5) is 22.7. The highest BCUT2D eigenvalue weighted by molar-refractivity contribution is 8.19. The Bertz CT molecular complexity index is 1360. The molecule has 1 fully saturated rings. The number of hydrogen-bond donors (Lipinski definition) is 1. The van der Waals surface area contributed by atoms with Crippen molar-refractivity contribution in [2.24, 2.45) is 5.10 Å². The number of hydrogen-bond acceptors (Lipinski definition) is 9. The lowest BCUT2D eigenvalue weighted by molar-refractivity contribution is -0.384. The molecule has 0 aromatic heterocycles. The smallest absolute Gasteiger partial charge is 0.277 e. The lowest BCUT2D eigenvalue weighted by Crippen LogP contribution is -2.24. The average molecular weight is 580 g/mol. The molecule has 4 rings (SSSR count). The molecule has 0 unspecified atom stereocenters. The Morgan fingerprint density at radius 3 is 2.50 bits per heavy atom. The predicted octanol–water partition coefficient (Wildman–Crippen LogP) is 5.92. The fourth-order valence-electron chi connectivity index (χ4n) is 3.88. The van der Waals surface area contributed by atoms with Gasteiger partial charge in [-0.3, -0.25) is 14.9 Å². The van der Waals surface area contributed by atoms with Gasteiger partial charge in [-0.15, -0.1) is 30.1 Å². The maximum Gasteiger partial charge on any atom is 0.277 e. The molecule has 0 atom stereocenters. The Hall–Kier alpha value is -3.96. The van der Waals surface area contributed by atoms with E-state index in [4.69, 9.17) is 14.2 Å². The van der Waals surface area contributed by atoms with E-state index in [1.807, 2.05) is 53.9 Å². The van der Waals surface area contributed by atoms with Gasteiger partial charge >= 0.3 is 0 Å². The van der Waals surface area contributed by atoms with E-state index >= 15 is 0 Å². The number of thioether (sulfide) groups is 2. The minimum atomic E-state index is -0.445. The van der Waals surface area contributed by atoms with E-state index in [9.17, 15) is 14.9 Å². The summed E-state index contributed by atoms with van der Waals surface area (Å²) in [6.07, 6.45) is 3.76. The van der Waals surface area contributed by atoms with Crippen LogP contribution in [0.3, 0.4) is 0 Å². The molecule has 11 heteroatoms. The van der Waals surface area contributed by atoms with E-state index in [1.165, 1.54) is 42.5 Å². The van der Waals surface area contributed by atoms with Crippen molar-refractivity contribution >= 4 is 41.3 Å². The first-order chi connectivity index (χ1) is 19.5. The summed E-state index contributed by atoms with van der Waals surface area (Å²) < 4.78 is 17.6. The molecule has 1 N–H and O–H groups in total. The van der Waals surface area contributed by atoms with E-state index < -0.39 is 4.92 Å². The molecule has 1 heterocycles. The van der Waals surface area contributed by atoms with E-state index in [0.29, 0.717) is 33.8 Å². The molecule has 0 aliphatic carbocycles. The molecule has 3 aromatic rings. The lowest BCUT2D eigenvalue weighted by Gasteiger charge is -2.16. The van der Waals surface area contributed by atoms with Crippen molar-refractivity contribution in [3.05, 3.63) is 106 Å². The van der Waals surface area contributed by atoms with Gasteiger partial charge in [0.1, 0.15) is 12.4 Å². The van der Waals surface area contributed by atoms with Crippen LogP contribution in [0.25, 0.3) is 0 Å². The zero-order chi connectivity index (χ0) is 28.3. The summed E-state index contributed by atoms with van der Waals surface area (Å²) in [5.41, 5.74) is 6.02. The zero-order valence-corrected chi connectivity index (χ0v) is 23.5. The number of carbonyl (C=O) groups is 1. The van der Waals surface area contributed by atoms with Crippen LogP contribution in [-0.2, 0) is 17.8 Å². The first-order valence-electron chi connectivity index (χ1n) is 12.4. The SMILES string of the molecule is C=CCc1cc(/C=N\NC(=O)COc2ccc(C3SCCS3)cc2)cc(OC)c1OCc1ccc([N+](=O)[O-])cc1. The number of ether oxygens (including phenoxy) is 3. The van der Waals surface area contributed by atoms with E-state index in [2.05, 4.69) is 17.1 Å². The maximum atomic E-state index is 12.3. The van der Waals surface area contributed by atoms with Crippen molar-refractivity contribution in [3.63, 3.8) is 0 Å². The van der Waals surface area contributed by atoms with Gasteiger partial charge in [0.05, 0.1) is 22.8 Å². The van der Waals surface area contributed by atoms with Crippen LogP contribution in [0.15, 0.2) is 78.4 Å². The molecule has 9 nitrogen and oxygen atoms in total. The van der Waals surface area contributed by atoms with Gasteiger partial charge in [0.2, 0.25) is 0 Å². The number of nitrogens with zero attached hydrogens (tertiary/aromatic N) is 2. The molecule has 1 aliphatic heterocycles. The molecular weight excluding hydrogens is 550 g/mol. The minimum Gasteiger partial charge on any atom is -0.493 e. The van der Waals surface area contributed by atoms with Crippen LogP contribution in [0.5, 0.6) is 17.2 Å². The normalized spacial score (nSPS) is 13.2. The summed E-state index contributed by atoms with van der Waals surface area (Å²) in [6, 6.07) is 17.6. The highest BCUT2D eigenvalue weighted by Crippen LogP contribution is 2.45. The Morgan fingerprint density at radius 1 is 1.12 bits per heavy atom. The van der Waals surface area contributed by atoms with E-state index in [-0.39, 0.29) is 24.8 Å². The molecule has 0 radical (unpaired) electrons. The number of amides is 1. The van der Waals surface area contributed by atoms with Crippen molar-refractivity contribution in [2.45, 2.75) is 17.6 Å². The molecule has 1 amide bonds. The van der Waals surface area contributed by atoms with Crippen LogP contribution >= 0.6 is 23.5 Å². The summed E-state index contributed by atoms with van der Waals surface area (Å²) in [6.45, 7) is 3.85. The van der Waals surface area contributed by atoms with Gasteiger partial charge in [0.25, 0.3) is 11.6 Å². The molecule has 40 heavy (non-hydrogen) atoms. The third-order valence-electron chi connectivity index (χ3n) is 5.82. The second kappa shape index (κ2) is 14.4. The van der Waals surface area contributed by atoms with Gasteiger partial charge in [0, 0.05) is 29.2 Å². The van der Waals surface area contributed by atoms with Crippen LogP contribution in [0, 0.1) is 10.1 Å². The van der Waals surface area contributed by atoms with Crippen LogP contribution < -0.4 is 19.6 Å². The molecule has 0 bridgehead atoms. The fraction of sp³-hybridized carbons (Fsp3) is 0.241. The highest BCUT2D eigenvalue weighted by Gasteiger charge is 2.18. The van der Waals surface area contributed by atoms with Crippen LogP contribution in [-0.4, -0.2) is 42.3 Å². The molecule has 3 aromatic carbocycles. The van der Waals surface area contributed by atoms with Crippen molar-refractivity contribution in [3.8, 4) is 17.2 Å². The first kappa shape index (κ1) is 29.0. The van der Waals surface area contributed by atoms with Gasteiger partial charge in [-0.25, -0.2) is 5.43 Å². The number of allylic oxidation sites excluding steroid dienone is 1. The molecular formula is C29H29N3O6S2. The van der Waals surface area contributed by atoms with Crippen LogP contribution in [0.2, 0.25) is 0 Å². The van der Waals surface area contributed by atoms with Gasteiger partial charge < -0.3 is 14.2 Å². The van der Waals surface area contributed by atoms with Crippen molar-refractivity contribution in [2.75, 3.05) is 25.2 Å². The summed E-state index contributed by atoms with van der Waals surface area (Å²) >= 11 is 3.88. The number of hydrazone groups is 1. The predicted molar refractivity (Wildman–Crippen MR) is 160 cm³/mol. The molecule has 1 saturated heterocycles. The van der Waals surface area contributed by atoms with Crippen LogP contribution in [0.1, 0.15) is 26.8 Å². The quantitative estimate of drug-likeness (QED) is 0.115. The summed E-state index contributed by atoms with van der Waals surface area (Å²) in [7, 11) is 1.53. The topological polar surface area (TPSA) is 112 Å². The van der Waals surface area contributed by atoms with Crippen molar-refractivity contribution < 1.29 is 23.9 Å². The second-order valence-electron chi connectivity index (χ2n) is 8.64. The van der Waals surface area contributed by atoms with E-state index in [1.54, 1.807) is 24.3 Å². The Morgan fingerprint density at radius 2 is 1.85 bits per heavy atom. The molecule has 208 valence electrons. The average Bonchev–Trinajstić information content (AvgIpc) is 3.51.